The van der Waals surface area contributed by atoms with Gasteiger partial charge in [-0.2, -0.15) is 0 Å². The van der Waals surface area contributed by atoms with Crippen LogP contribution in [-0.2, 0) is 4.79 Å². The summed E-state index contributed by atoms with van der Waals surface area (Å²) >= 11 is 0. The van der Waals surface area contributed by atoms with Crippen LogP contribution < -0.4 is 10.2 Å². The van der Waals surface area contributed by atoms with Crippen LogP contribution in [0.2, 0.25) is 0 Å². The minimum Gasteiger partial charge on any atom is -0.394 e. The van der Waals surface area contributed by atoms with Crippen LogP contribution in [0, 0.1) is 11.8 Å². The maximum absolute atomic E-state index is 12.2. The second-order valence-corrected chi connectivity index (χ2v) is 5.85. The molecule has 0 aliphatic carbocycles. The van der Waals surface area contributed by atoms with Crippen molar-refractivity contribution in [3.63, 3.8) is 0 Å². The summed E-state index contributed by atoms with van der Waals surface area (Å²) in [6.07, 6.45) is 5.05. The zero-order chi connectivity index (χ0) is 15.2. The normalized spacial score (nSPS) is 17.8. The summed E-state index contributed by atoms with van der Waals surface area (Å²) < 4.78 is 0. The molecular weight excluding hydrogens is 268 g/mol. The molecule has 0 aromatic carbocycles. The number of anilines is 1. The van der Waals surface area contributed by atoms with E-state index in [1.54, 1.807) is 18.5 Å². The molecule has 6 heteroatoms. The fraction of sp³-hybridized carbons (Fsp3) is 0.667. The van der Waals surface area contributed by atoms with Crippen LogP contribution in [0.4, 0.5) is 5.95 Å². The molecule has 0 spiro atoms. The predicted octanol–water partition coefficient (Wildman–Crippen LogP) is 0.826. The lowest BCUT2D eigenvalue weighted by atomic mass is 9.95. The number of carbonyl (C=O) groups excluding carboxylic acids is 1. The number of aliphatic hydroxyl groups is 1. The minimum absolute atomic E-state index is 0.0118. The van der Waals surface area contributed by atoms with E-state index < -0.39 is 0 Å². The minimum atomic E-state index is -0.159. The van der Waals surface area contributed by atoms with Gasteiger partial charge in [0, 0.05) is 31.4 Å². The van der Waals surface area contributed by atoms with E-state index in [4.69, 9.17) is 0 Å². The average Bonchev–Trinajstić information content (AvgIpc) is 2.53. The molecular formula is C15H24N4O2. The lowest BCUT2D eigenvalue weighted by Crippen LogP contribution is -2.47. The topological polar surface area (TPSA) is 78.4 Å². The van der Waals surface area contributed by atoms with Crippen molar-refractivity contribution in [2.75, 3.05) is 24.6 Å². The first-order valence-electron chi connectivity index (χ1n) is 7.55. The Kier molecular flexibility index (Phi) is 5.50. The van der Waals surface area contributed by atoms with Gasteiger partial charge in [-0.25, -0.2) is 9.97 Å². The van der Waals surface area contributed by atoms with E-state index in [0.29, 0.717) is 0 Å². The molecule has 1 aromatic heterocycles. The summed E-state index contributed by atoms with van der Waals surface area (Å²) in [6.45, 7) is 5.55. The third-order valence-electron chi connectivity index (χ3n) is 4.03. The molecule has 0 bridgehead atoms. The van der Waals surface area contributed by atoms with Crippen molar-refractivity contribution < 1.29 is 9.90 Å². The highest BCUT2D eigenvalue weighted by molar-refractivity contribution is 5.79. The van der Waals surface area contributed by atoms with E-state index in [-0.39, 0.29) is 30.4 Å². The molecule has 0 saturated carbocycles. The summed E-state index contributed by atoms with van der Waals surface area (Å²) in [5.41, 5.74) is 0. The summed E-state index contributed by atoms with van der Waals surface area (Å²) in [7, 11) is 0. The Bertz CT molecular complexity index is 444. The van der Waals surface area contributed by atoms with E-state index in [0.717, 1.165) is 31.9 Å². The first kappa shape index (κ1) is 15.7. The molecule has 1 saturated heterocycles. The van der Waals surface area contributed by atoms with E-state index in [9.17, 15) is 9.90 Å². The fourth-order valence-corrected chi connectivity index (χ4v) is 2.52. The Morgan fingerprint density at radius 2 is 2.00 bits per heavy atom. The number of hydrogen-bond acceptors (Lipinski definition) is 5. The second kappa shape index (κ2) is 7.36. The van der Waals surface area contributed by atoms with E-state index in [1.165, 1.54) is 0 Å². The van der Waals surface area contributed by atoms with Crippen LogP contribution in [0.25, 0.3) is 0 Å². The lowest BCUT2D eigenvalue weighted by Gasteiger charge is -2.32. The number of nitrogens with zero attached hydrogens (tertiary/aromatic N) is 3. The molecule has 1 aliphatic heterocycles. The van der Waals surface area contributed by atoms with Crippen LogP contribution in [0.15, 0.2) is 18.5 Å². The standard InChI is InChI=1S/C15H24N4O2/c1-11(2)13(10-20)18-14(21)12-4-8-19(9-5-12)15-16-6-3-7-17-15/h3,6-7,11-13,20H,4-5,8-10H2,1-2H3,(H,18,21)/t13-/m1/s1. The van der Waals surface area contributed by atoms with E-state index >= 15 is 0 Å². The quantitative estimate of drug-likeness (QED) is 0.840. The molecule has 2 N–H and O–H groups in total. The molecule has 1 aliphatic rings. The Hall–Kier alpha value is -1.69. The van der Waals surface area contributed by atoms with Crippen LogP contribution in [0.1, 0.15) is 26.7 Å². The predicted molar refractivity (Wildman–Crippen MR) is 80.8 cm³/mol. The van der Waals surface area contributed by atoms with Gasteiger partial charge in [0.25, 0.3) is 0 Å². The third-order valence-corrected chi connectivity index (χ3v) is 4.03. The summed E-state index contributed by atoms with van der Waals surface area (Å²) in [6, 6.07) is 1.64. The highest BCUT2D eigenvalue weighted by Crippen LogP contribution is 2.20. The highest BCUT2D eigenvalue weighted by Gasteiger charge is 2.27. The number of aliphatic hydroxyl groups excluding tert-OH is 1. The maximum atomic E-state index is 12.2. The van der Waals surface area contributed by atoms with Gasteiger partial charge in [0.15, 0.2) is 0 Å². The monoisotopic (exact) mass is 292 g/mol. The van der Waals surface area contributed by atoms with Crippen molar-refractivity contribution in [2.45, 2.75) is 32.7 Å². The number of rotatable bonds is 5. The van der Waals surface area contributed by atoms with Gasteiger partial charge in [-0.3, -0.25) is 4.79 Å². The number of carbonyl (C=O) groups is 1. The number of nitrogens with one attached hydrogen (secondary N) is 1. The molecule has 1 amide bonds. The number of amides is 1. The Labute approximate surface area is 125 Å². The van der Waals surface area contributed by atoms with Crippen molar-refractivity contribution in [1.82, 2.24) is 15.3 Å². The van der Waals surface area contributed by atoms with Crippen LogP contribution in [0.3, 0.4) is 0 Å². The van der Waals surface area contributed by atoms with Gasteiger partial charge in [0.2, 0.25) is 11.9 Å². The summed E-state index contributed by atoms with van der Waals surface area (Å²) in [5, 5.41) is 12.2. The molecule has 0 radical (unpaired) electrons. The van der Waals surface area contributed by atoms with Crippen molar-refractivity contribution in [2.24, 2.45) is 11.8 Å². The van der Waals surface area contributed by atoms with Gasteiger partial charge in [0.05, 0.1) is 12.6 Å². The zero-order valence-electron chi connectivity index (χ0n) is 12.7. The number of aromatic nitrogens is 2. The summed E-state index contributed by atoms with van der Waals surface area (Å²) in [5.74, 6) is 1.03. The average molecular weight is 292 g/mol. The van der Waals surface area contributed by atoms with Gasteiger partial charge in [-0.15, -0.1) is 0 Å². The smallest absolute Gasteiger partial charge is 0.225 e. The van der Waals surface area contributed by atoms with Gasteiger partial charge < -0.3 is 15.3 Å². The van der Waals surface area contributed by atoms with Gasteiger partial charge in [0.1, 0.15) is 0 Å². The zero-order valence-corrected chi connectivity index (χ0v) is 12.7. The molecule has 1 aromatic rings. The van der Waals surface area contributed by atoms with Gasteiger partial charge >= 0.3 is 0 Å². The second-order valence-electron chi connectivity index (χ2n) is 5.85. The van der Waals surface area contributed by atoms with Crippen LogP contribution >= 0.6 is 0 Å². The molecule has 116 valence electrons. The van der Waals surface area contributed by atoms with Crippen molar-refractivity contribution in [3.8, 4) is 0 Å². The van der Waals surface area contributed by atoms with E-state index in [2.05, 4.69) is 20.2 Å². The number of piperidine rings is 1. The van der Waals surface area contributed by atoms with Crippen molar-refractivity contribution >= 4 is 11.9 Å². The van der Waals surface area contributed by atoms with Gasteiger partial charge in [-0.1, -0.05) is 13.8 Å². The molecule has 2 heterocycles. The Balaban J connectivity index is 1.85. The molecule has 6 nitrogen and oxygen atoms in total. The van der Waals surface area contributed by atoms with Crippen molar-refractivity contribution in [3.05, 3.63) is 18.5 Å². The third kappa shape index (κ3) is 4.14. The largest absolute Gasteiger partial charge is 0.394 e. The van der Waals surface area contributed by atoms with Crippen molar-refractivity contribution in [1.29, 1.82) is 0 Å². The summed E-state index contributed by atoms with van der Waals surface area (Å²) in [4.78, 5) is 22.8. The van der Waals surface area contributed by atoms with Crippen LogP contribution in [0.5, 0.6) is 0 Å². The molecule has 1 fully saturated rings. The maximum Gasteiger partial charge on any atom is 0.225 e. The SMILES string of the molecule is CC(C)[C@@H](CO)NC(=O)C1CCN(c2ncccn2)CC1. The molecule has 2 rings (SSSR count). The van der Waals surface area contributed by atoms with E-state index in [1.807, 2.05) is 13.8 Å². The molecule has 1 atom stereocenters. The molecule has 21 heavy (non-hydrogen) atoms. The molecule has 0 unspecified atom stereocenters. The Morgan fingerprint density at radius 1 is 1.38 bits per heavy atom. The first-order valence-corrected chi connectivity index (χ1v) is 7.55. The Morgan fingerprint density at radius 3 is 2.52 bits per heavy atom. The lowest BCUT2D eigenvalue weighted by molar-refractivity contribution is -0.127. The first-order chi connectivity index (χ1) is 10.1. The fourth-order valence-electron chi connectivity index (χ4n) is 2.52. The number of hydrogen-bond donors (Lipinski definition) is 2. The van der Waals surface area contributed by atoms with Gasteiger partial charge in [-0.05, 0) is 24.8 Å². The highest BCUT2D eigenvalue weighted by atomic mass is 16.3. The van der Waals surface area contributed by atoms with Crippen LogP contribution in [-0.4, -0.2) is 46.7 Å².